The van der Waals surface area contributed by atoms with Gasteiger partial charge in [-0.3, -0.25) is 4.79 Å². The highest BCUT2D eigenvalue weighted by molar-refractivity contribution is 6.00. The van der Waals surface area contributed by atoms with Crippen LogP contribution in [0.25, 0.3) is 5.65 Å². The van der Waals surface area contributed by atoms with E-state index in [1.54, 1.807) is 30.2 Å². The quantitative estimate of drug-likeness (QED) is 0.749. The number of methoxy groups -OCH3 is 1. The van der Waals surface area contributed by atoms with Crippen molar-refractivity contribution in [1.82, 2.24) is 19.5 Å². The zero-order chi connectivity index (χ0) is 18.8. The molecule has 7 nitrogen and oxygen atoms in total. The fraction of sp³-hybridized carbons (Fsp3) is 0.350. The Hall–Kier alpha value is -2.93. The molecule has 3 heterocycles. The van der Waals surface area contributed by atoms with E-state index in [0.717, 1.165) is 29.7 Å². The summed E-state index contributed by atoms with van der Waals surface area (Å²) in [6, 6.07) is 7.91. The molecule has 1 aromatic carbocycles. The van der Waals surface area contributed by atoms with Crippen molar-refractivity contribution in [2.75, 3.05) is 20.3 Å². The number of carbonyl (C=O) groups excluding carboxylic acids is 1. The molecule has 140 valence electrons. The van der Waals surface area contributed by atoms with Gasteiger partial charge in [0.25, 0.3) is 5.91 Å². The van der Waals surface area contributed by atoms with Gasteiger partial charge in [0.05, 0.1) is 19.3 Å². The topological polar surface area (TPSA) is 80.0 Å². The van der Waals surface area contributed by atoms with E-state index in [1.807, 2.05) is 29.2 Å². The number of amides is 1. The highest BCUT2D eigenvalue weighted by Crippen LogP contribution is 2.34. The van der Waals surface area contributed by atoms with Crippen molar-refractivity contribution in [3.63, 3.8) is 0 Å². The Bertz CT molecular complexity index is 969. The van der Waals surface area contributed by atoms with Crippen molar-refractivity contribution < 1.29 is 14.6 Å². The van der Waals surface area contributed by atoms with E-state index in [1.165, 1.54) is 0 Å². The van der Waals surface area contributed by atoms with Crippen molar-refractivity contribution in [3.8, 4) is 5.75 Å². The average Bonchev–Trinajstić information content (AvgIpc) is 3.35. The Kier molecular flexibility index (Phi) is 4.77. The molecule has 7 heteroatoms. The van der Waals surface area contributed by atoms with E-state index < -0.39 is 0 Å². The smallest absolute Gasteiger partial charge is 0.259 e. The molecule has 1 N–H and O–H groups in total. The molecule has 1 amide bonds. The summed E-state index contributed by atoms with van der Waals surface area (Å²) < 4.78 is 6.93. The van der Waals surface area contributed by atoms with Crippen LogP contribution in [-0.2, 0) is 6.42 Å². The second-order valence-electron chi connectivity index (χ2n) is 6.70. The molecule has 1 aliphatic rings. The van der Waals surface area contributed by atoms with E-state index in [0.29, 0.717) is 24.2 Å². The van der Waals surface area contributed by atoms with Crippen LogP contribution in [0.1, 0.15) is 40.4 Å². The third kappa shape index (κ3) is 3.26. The van der Waals surface area contributed by atoms with Crippen LogP contribution in [0.3, 0.4) is 0 Å². The molecule has 0 saturated carbocycles. The van der Waals surface area contributed by atoms with Crippen molar-refractivity contribution in [2.45, 2.75) is 25.3 Å². The van der Waals surface area contributed by atoms with E-state index in [-0.39, 0.29) is 18.6 Å². The molecule has 1 atom stereocenters. The maximum Gasteiger partial charge on any atom is 0.259 e. The fourth-order valence-corrected chi connectivity index (χ4v) is 3.68. The number of aliphatic hydroxyl groups excluding tert-OH is 1. The van der Waals surface area contributed by atoms with Crippen molar-refractivity contribution in [1.29, 1.82) is 0 Å². The number of likely N-dealkylation sites (tertiary alicyclic amines) is 1. The van der Waals surface area contributed by atoms with Crippen LogP contribution in [0.5, 0.6) is 5.75 Å². The van der Waals surface area contributed by atoms with E-state index in [2.05, 4.69) is 10.1 Å². The molecule has 0 radical (unpaired) electrons. The number of carbonyl (C=O) groups is 1. The van der Waals surface area contributed by atoms with Gasteiger partial charge in [0.15, 0.2) is 5.65 Å². The summed E-state index contributed by atoms with van der Waals surface area (Å²) in [6.45, 7) is 0.761. The van der Waals surface area contributed by atoms with Crippen LogP contribution < -0.4 is 4.74 Å². The number of hydrogen-bond acceptors (Lipinski definition) is 5. The largest absolute Gasteiger partial charge is 0.497 e. The van der Waals surface area contributed by atoms with Gasteiger partial charge in [-0.2, -0.15) is 5.10 Å². The molecule has 0 spiro atoms. The first-order valence-electron chi connectivity index (χ1n) is 9.09. The number of ether oxygens (including phenoxy) is 1. The maximum atomic E-state index is 13.2. The van der Waals surface area contributed by atoms with Crippen LogP contribution >= 0.6 is 0 Å². The Balaban J connectivity index is 1.64. The summed E-state index contributed by atoms with van der Waals surface area (Å²) >= 11 is 0. The van der Waals surface area contributed by atoms with Crippen LogP contribution in [0.2, 0.25) is 0 Å². The number of rotatable bonds is 5. The predicted octanol–water partition coefficient (Wildman–Crippen LogP) is 2.25. The van der Waals surface area contributed by atoms with Gasteiger partial charge in [0.1, 0.15) is 11.3 Å². The summed E-state index contributed by atoms with van der Waals surface area (Å²) in [6.07, 6.45) is 7.46. The zero-order valence-electron chi connectivity index (χ0n) is 15.2. The lowest BCUT2D eigenvalue weighted by molar-refractivity contribution is 0.0737. The van der Waals surface area contributed by atoms with Crippen molar-refractivity contribution >= 4 is 11.6 Å². The van der Waals surface area contributed by atoms with Crippen molar-refractivity contribution in [3.05, 3.63) is 59.5 Å². The molecule has 0 aliphatic carbocycles. The minimum Gasteiger partial charge on any atom is -0.497 e. The van der Waals surface area contributed by atoms with Crippen LogP contribution in [0.15, 0.2) is 42.9 Å². The standard InChI is InChI=1S/C20H22N4O3/c1-27-16-5-2-4-15(10-16)18-6-3-8-23(18)20(26)17-12-22-24-13-14(7-9-25)11-21-19(17)24/h2,4-5,10-13,18,25H,3,6-9H2,1H3/t18-/m1/s1. The number of fused-ring (bicyclic) bond motifs is 1. The Morgan fingerprint density at radius 2 is 2.26 bits per heavy atom. The molecule has 1 saturated heterocycles. The third-order valence-corrected chi connectivity index (χ3v) is 5.03. The second kappa shape index (κ2) is 7.36. The van der Waals surface area contributed by atoms with Crippen LogP contribution in [0, 0.1) is 0 Å². The monoisotopic (exact) mass is 366 g/mol. The zero-order valence-corrected chi connectivity index (χ0v) is 15.2. The Labute approximate surface area is 157 Å². The molecule has 0 unspecified atom stereocenters. The summed E-state index contributed by atoms with van der Waals surface area (Å²) in [4.78, 5) is 19.5. The highest BCUT2D eigenvalue weighted by atomic mass is 16.5. The summed E-state index contributed by atoms with van der Waals surface area (Å²) in [5.74, 6) is 0.735. The van der Waals surface area contributed by atoms with E-state index in [4.69, 9.17) is 9.84 Å². The molecular weight excluding hydrogens is 344 g/mol. The number of benzene rings is 1. The lowest BCUT2D eigenvalue weighted by Gasteiger charge is -2.25. The summed E-state index contributed by atoms with van der Waals surface area (Å²) in [5.41, 5.74) is 3.00. The molecule has 1 fully saturated rings. The first-order valence-corrected chi connectivity index (χ1v) is 9.09. The lowest BCUT2D eigenvalue weighted by atomic mass is 10.0. The average molecular weight is 366 g/mol. The van der Waals surface area contributed by atoms with Crippen LogP contribution in [0.4, 0.5) is 0 Å². The normalized spacial score (nSPS) is 16.8. The number of aromatic nitrogens is 3. The molecular formula is C20H22N4O3. The van der Waals surface area contributed by atoms with E-state index >= 15 is 0 Å². The maximum absolute atomic E-state index is 13.2. The predicted molar refractivity (Wildman–Crippen MR) is 99.8 cm³/mol. The first-order chi connectivity index (χ1) is 13.2. The molecule has 0 bridgehead atoms. The second-order valence-corrected chi connectivity index (χ2v) is 6.70. The molecule has 2 aromatic heterocycles. The Morgan fingerprint density at radius 3 is 3.07 bits per heavy atom. The van der Waals surface area contributed by atoms with Gasteiger partial charge in [-0.1, -0.05) is 12.1 Å². The molecule has 3 aromatic rings. The lowest BCUT2D eigenvalue weighted by Crippen LogP contribution is -2.30. The summed E-state index contributed by atoms with van der Waals surface area (Å²) in [5, 5.41) is 13.4. The first kappa shape index (κ1) is 17.5. The molecule has 27 heavy (non-hydrogen) atoms. The highest BCUT2D eigenvalue weighted by Gasteiger charge is 2.32. The number of hydrogen-bond donors (Lipinski definition) is 1. The molecule has 4 rings (SSSR count). The van der Waals surface area contributed by atoms with Gasteiger partial charge in [-0.15, -0.1) is 0 Å². The fourth-order valence-electron chi connectivity index (χ4n) is 3.68. The molecule has 1 aliphatic heterocycles. The third-order valence-electron chi connectivity index (χ3n) is 5.03. The van der Waals surface area contributed by atoms with Gasteiger partial charge in [-0.05, 0) is 42.5 Å². The minimum atomic E-state index is -0.0577. The SMILES string of the molecule is COc1cccc([C@H]2CCCN2C(=O)c2cnn3cc(CCO)cnc23)c1. The number of nitrogens with zero attached hydrogens (tertiary/aromatic N) is 4. The van der Waals surface area contributed by atoms with Gasteiger partial charge in [0, 0.05) is 25.5 Å². The van der Waals surface area contributed by atoms with Gasteiger partial charge < -0.3 is 14.7 Å². The van der Waals surface area contributed by atoms with Crippen molar-refractivity contribution in [2.24, 2.45) is 0 Å². The van der Waals surface area contributed by atoms with Crippen LogP contribution in [-0.4, -0.2) is 50.8 Å². The van der Waals surface area contributed by atoms with Gasteiger partial charge in [-0.25, -0.2) is 9.50 Å². The number of aliphatic hydroxyl groups is 1. The Morgan fingerprint density at radius 1 is 1.37 bits per heavy atom. The van der Waals surface area contributed by atoms with E-state index in [9.17, 15) is 4.79 Å². The van der Waals surface area contributed by atoms with Gasteiger partial charge >= 0.3 is 0 Å². The minimum absolute atomic E-state index is 0.0243. The summed E-state index contributed by atoms with van der Waals surface area (Å²) in [7, 11) is 1.65. The van der Waals surface area contributed by atoms with Gasteiger partial charge in [0.2, 0.25) is 0 Å².